The van der Waals surface area contributed by atoms with Crippen LogP contribution >= 0.6 is 30.3 Å². The fourth-order valence-corrected chi connectivity index (χ4v) is 7.18. The summed E-state index contributed by atoms with van der Waals surface area (Å²) in [4.78, 5) is 25.3. The predicted octanol–water partition coefficient (Wildman–Crippen LogP) is 3.32. The largest absolute Gasteiger partial charge is 0.479 e. The summed E-state index contributed by atoms with van der Waals surface area (Å²) >= 11 is 1.92. The molecule has 6 atom stereocenters. The number of anilines is 1. The number of nitrogens with one attached hydrogen (secondary N) is 1. The van der Waals surface area contributed by atoms with E-state index in [4.69, 9.17) is 29.0 Å². The first kappa shape index (κ1) is 33.2. The van der Waals surface area contributed by atoms with E-state index >= 15 is 0 Å². The number of rotatable bonds is 11. The number of fused-ring (bicyclic) bond motifs is 2. The number of methoxy groups -OCH3 is 1. The molecule has 2 aromatic carbocycles. The molecule has 242 valence electrons. The lowest BCUT2D eigenvalue weighted by Crippen LogP contribution is -2.45. The van der Waals surface area contributed by atoms with Crippen LogP contribution in [0.4, 0.5) is 5.95 Å². The summed E-state index contributed by atoms with van der Waals surface area (Å²) in [7, 11) is -2.96. The average Bonchev–Trinajstić information content (AvgIpc) is 3.42. The zero-order valence-electron chi connectivity index (χ0n) is 25.1. The summed E-state index contributed by atoms with van der Waals surface area (Å²) in [6.45, 7) is 5.70. The van der Waals surface area contributed by atoms with E-state index in [0.717, 1.165) is 5.39 Å². The van der Waals surface area contributed by atoms with Crippen molar-refractivity contribution >= 4 is 64.2 Å². The molecule has 5 N–H and O–H groups in total. The van der Waals surface area contributed by atoms with Crippen LogP contribution in [0.3, 0.4) is 0 Å². The summed E-state index contributed by atoms with van der Waals surface area (Å²) in [5, 5.41) is 26.8. The van der Waals surface area contributed by atoms with Gasteiger partial charge in [0.05, 0.1) is 19.8 Å². The number of esters is 1. The number of hydrogen-bond donors (Lipinski definition) is 4. The third-order valence-corrected chi connectivity index (χ3v) is 9.49. The number of halogens is 1. The third-order valence-electron chi connectivity index (χ3n) is 7.10. The van der Waals surface area contributed by atoms with Crippen molar-refractivity contribution in [1.82, 2.24) is 24.6 Å². The fraction of sp³-hybridized carbons (Fsp3) is 0.429. The molecule has 0 saturated carbocycles. The maximum atomic E-state index is 14.3. The van der Waals surface area contributed by atoms with Gasteiger partial charge in [-0.05, 0) is 39.1 Å². The molecule has 0 bridgehead atoms. The average molecular weight is 756 g/mol. The van der Waals surface area contributed by atoms with Gasteiger partial charge in [0.15, 0.2) is 21.2 Å². The van der Waals surface area contributed by atoms with E-state index in [2.05, 4.69) is 20.0 Å². The lowest BCUT2D eigenvalue weighted by Gasteiger charge is -2.28. The minimum absolute atomic E-state index is 0.0994. The number of nitrogens with zero attached hydrogens (tertiary/aromatic N) is 4. The van der Waals surface area contributed by atoms with Gasteiger partial charge in [-0.2, -0.15) is 15.1 Å². The lowest BCUT2D eigenvalue weighted by atomic mass is 9.96. The van der Waals surface area contributed by atoms with Crippen molar-refractivity contribution in [3.05, 3.63) is 46.3 Å². The summed E-state index contributed by atoms with van der Waals surface area (Å²) < 4.78 is 44.5. The Balaban J connectivity index is 1.44. The highest BCUT2D eigenvalue weighted by Gasteiger charge is 2.55. The van der Waals surface area contributed by atoms with Gasteiger partial charge in [0.25, 0.3) is 0 Å². The number of aromatic nitrogens is 4. The summed E-state index contributed by atoms with van der Waals surface area (Å²) in [6, 6.07) is 11.4. The summed E-state index contributed by atoms with van der Waals surface area (Å²) in [5.41, 5.74) is 4.44. The van der Waals surface area contributed by atoms with Gasteiger partial charge in [0, 0.05) is 28.0 Å². The second kappa shape index (κ2) is 12.9. The normalized spacial score (nSPS) is 23.7. The molecule has 4 aromatic rings. The Morgan fingerprint density at radius 1 is 1.20 bits per heavy atom. The zero-order valence-corrected chi connectivity index (χ0v) is 28.1. The number of aliphatic hydroxyl groups is 2. The molecule has 3 heterocycles. The second-order valence-electron chi connectivity index (χ2n) is 10.9. The standard InChI is InChI=1S/C28H34IN6O9P/c1-14(2)42-24(37)15(3)34-45(39,44-18-12-8-10-16-9-6-7-11-17(16)18)41-13-19-21(36)28(4,38)25(43-19)35-22-20(31-26(35)29)23(40-5)33-27(30)32-22/h6-12,14-15,19,21,25,36,38H,13H2,1-5H3,(H,34,39)(H2,30,32,33)/t15-,19+,21+,25+,28+,45+/m0/s1. The van der Waals surface area contributed by atoms with Crippen LogP contribution in [0.5, 0.6) is 11.6 Å². The SMILES string of the molecule is COc1nc(N)nc2c1nc(I)n2[C@@H]1O[C@H](CO[P@](=O)(N[C@@H](C)C(=O)OC(C)C)Oc2cccc3ccccc23)[C@@H](O)[C@@]1(C)O. The zero-order chi connectivity index (χ0) is 32.7. The van der Waals surface area contributed by atoms with Gasteiger partial charge in [-0.25, -0.2) is 9.55 Å². The number of imidazole rings is 1. The van der Waals surface area contributed by atoms with Gasteiger partial charge < -0.3 is 34.7 Å². The monoisotopic (exact) mass is 756 g/mol. The van der Waals surface area contributed by atoms with Crippen LogP contribution in [0.1, 0.15) is 33.9 Å². The van der Waals surface area contributed by atoms with Gasteiger partial charge in [-0.3, -0.25) is 13.9 Å². The molecule has 15 nitrogen and oxygen atoms in total. The minimum Gasteiger partial charge on any atom is -0.479 e. The van der Waals surface area contributed by atoms with Crippen molar-refractivity contribution in [3.8, 4) is 11.6 Å². The van der Waals surface area contributed by atoms with E-state index in [0.29, 0.717) is 9.22 Å². The molecule has 1 aliphatic heterocycles. The topological polar surface area (TPSA) is 202 Å². The van der Waals surface area contributed by atoms with Gasteiger partial charge in [-0.15, -0.1) is 0 Å². The van der Waals surface area contributed by atoms with Crippen LogP contribution in [0.15, 0.2) is 42.5 Å². The number of nitrogens with two attached hydrogens (primary N) is 1. The van der Waals surface area contributed by atoms with Crippen molar-refractivity contribution in [2.75, 3.05) is 19.5 Å². The minimum atomic E-state index is -4.36. The summed E-state index contributed by atoms with van der Waals surface area (Å²) in [6.07, 6.45) is -4.40. The number of nitrogen functional groups attached to an aromatic ring is 1. The van der Waals surface area contributed by atoms with Crippen LogP contribution < -0.4 is 20.1 Å². The van der Waals surface area contributed by atoms with E-state index in [1.54, 1.807) is 38.1 Å². The molecule has 0 aliphatic carbocycles. The molecular weight excluding hydrogens is 722 g/mol. The molecule has 1 aliphatic rings. The first-order valence-electron chi connectivity index (χ1n) is 13.9. The lowest BCUT2D eigenvalue weighted by molar-refractivity contribution is -0.149. The fourth-order valence-electron chi connectivity index (χ4n) is 4.93. The Labute approximate surface area is 272 Å². The van der Waals surface area contributed by atoms with Gasteiger partial charge in [0.1, 0.15) is 29.6 Å². The highest BCUT2D eigenvalue weighted by molar-refractivity contribution is 14.1. The molecule has 5 rings (SSSR count). The van der Waals surface area contributed by atoms with Crippen LogP contribution in [0.25, 0.3) is 21.9 Å². The van der Waals surface area contributed by atoms with E-state index in [1.165, 1.54) is 25.5 Å². The molecule has 0 radical (unpaired) electrons. The van der Waals surface area contributed by atoms with Crippen molar-refractivity contribution in [3.63, 3.8) is 0 Å². The molecule has 45 heavy (non-hydrogen) atoms. The van der Waals surface area contributed by atoms with E-state index in [9.17, 15) is 19.6 Å². The maximum Gasteiger partial charge on any atom is 0.459 e. The van der Waals surface area contributed by atoms with E-state index < -0.39 is 56.5 Å². The Kier molecular flexibility index (Phi) is 9.56. The van der Waals surface area contributed by atoms with Crippen molar-refractivity contribution in [1.29, 1.82) is 0 Å². The molecule has 17 heteroatoms. The quantitative estimate of drug-likeness (QED) is 0.0751. The number of carbonyl (C=O) groups is 1. The van der Waals surface area contributed by atoms with Crippen LogP contribution in [-0.2, 0) is 23.4 Å². The van der Waals surface area contributed by atoms with Crippen LogP contribution in [0, 0.1) is 3.83 Å². The molecule has 1 saturated heterocycles. The Bertz CT molecular complexity index is 1760. The van der Waals surface area contributed by atoms with E-state index in [-0.39, 0.29) is 28.7 Å². The van der Waals surface area contributed by atoms with Gasteiger partial charge in [0.2, 0.25) is 11.8 Å². The highest BCUT2D eigenvalue weighted by atomic mass is 127. The Hall–Kier alpha value is -3.12. The molecular formula is C28H34IN6O9P. The van der Waals surface area contributed by atoms with Gasteiger partial charge in [-0.1, -0.05) is 36.4 Å². The van der Waals surface area contributed by atoms with E-state index in [1.807, 2.05) is 40.8 Å². The highest BCUT2D eigenvalue weighted by Crippen LogP contribution is 2.49. The predicted molar refractivity (Wildman–Crippen MR) is 172 cm³/mol. The third kappa shape index (κ3) is 6.72. The van der Waals surface area contributed by atoms with Crippen LogP contribution in [0.2, 0.25) is 0 Å². The number of aliphatic hydroxyl groups excluding tert-OH is 1. The van der Waals surface area contributed by atoms with Crippen molar-refractivity contribution in [2.45, 2.75) is 63.9 Å². The Morgan fingerprint density at radius 2 is 1.91 bits per heavy atom. The smallest absolute Gasteiger partial charge is 0.459 e. The summed E-state index contributed by atoms with van der Waals surface area (Å²) in [5.74, 6) is -0.418. The molecule has 1 fully saturated rings. The van der Waals surface area contributed by atoms with Crippen molar-refractivity contribution in [2.24, 2.45) is 0 Å². The maximum absolute atomic E-state index is 14.3. The molecule has 2 aromatic heterocycles. The number of ether oxygens (including phenoxy) is 3. The number of hydrogen-bond acceptors (Lipinski definition) is 13. The van der Waals surface area contributed by atoms with Crippen LogP contribution in [-0.4, -0.2) is 79.4 Å². The first-order chi connectivity index (χ1) is 21.2. The Morgan fingerprint density at radius 3 is 2.62 bits per heavy atom. The molecule has 0 amide bonds. The second-order valence-corrected chi connectivity index (χ2v) is 13.6. The number of benzene rings is 2. The van der Waals surface area contributed by atoms with Gasteiger partial charge >= 0.3 is 13.7 Å². The first-order valence-corrected chi connectivity index (χ1v) is 16.6. The number of carbonyl (C=O) groups excluding carboxylic acids is 1. The molecule has 0 spiro atoms. The molecule has 0 unspecified atom stereocenters. The van der Waals surface area contributed by atoms with Crippen molar-refractivity contribution < 1.29 is 42.8 Å².